The van der Waals surface area contributed by atoms with E-state index in [1.807, 2.05) is 39.1 Å². The molecule has 2 rings (SSSR count). The lowest BCUT2D eigenvalue weighted by Crippen LogP contribution is -2.32. The molecule has 0 radical (unpaired) electrons. The molecule has 6 nitrogen and oxygen atoms in total. The van der Waals surface area contributed by atoms with E-state index in [4.69, 9.17) is 4.74 Å². The van der Waals surface area contributed by atoms with Crippen molar-refractivity contribution in [2.45, 2.75) is 58.6 Å². The number of carboxylic acid groups (broad SMARTS) is 1. The second-order valence-electron chi connectivity index (χ2n) is 7.40. The first kappa shape index (κ1) is 19.8. The van der Waals surface area contributed by atoms with Gasteiger partial charge in [-0.05, 0) is 51.8 Å². The fourth-order valence-electron chi connectivity index (χ4n) is 2.87. The van der Waals surface area contributed by atoms with E-state index in [0.29, 0.717) is 12.1 Å². The average Bonchev–Trinajstić information content (AvgIpc) is 2.95. The molecule has 6 heteroatoms. The fraction of sp³-hybridized carbons (Fsp3) is 0.500. The SMILES string of the molecule is CC(C)(C)OC(=O)NCCCCCCn1ccc2c(C(=O)O)cccc21. The summed E-state index contributed by atoms with van der Waals surface area (Å²) in [6, 6.07) is 7.23. The van der Waals surface area contributed by atoms with Crippen LogP contribution in [0.1, 0.15) is 56.8 Å². The molecule has 0 aliphatic heterocycles. The maximum Gasteiger partial charge on any atom is 0.407 e. The Balaban J connectivity index is 1.69. The number of rotatable bonds is 8. The number of nitrogens with one attached hydrogen (secondary N) is 1. The summed E-state index contributed by atoms with van der Waals surface area (Å²) in [5, 5.41) is 12.8. The molecule has 0 spiro atoms. The van der Waals surface area contributed by atoms with Crippen molar-refractivity contribution in [3.8, 4) is 0 Å². The predicted octanol–water partition coefficient (Wildman–Crippen LogP) is 4.42. The van der Waals surface area contributed by atoms with Gasteiger partial charge in [0.05, 0.1) is 5.56 Å². The summed E-state index contributed by atoms with van der Waals surface area (Å²) in [5.41, 5.74) is 0.829. The summed E-state index contributed by atoms with van der Waals surface area (Å²) in [4.78, 5) is 22.8. The van der Waals surface area contributed by atoms with Crippen LogP contribution in [-0.2, 0) is 11.3 Å². The third-order valence-electron chi connectivity index (χ3n) is 4.04. The first-order chi connectivity index (χ1) is 12.3. The van der Waals surface area contributed by atoms with Gasteiger partial charge in [-0.2, -0.15) is 0 Å². The topological polar surface area (TPSA) is 80.6 Å². The highest BCUT2D eigenvalue weighted by molar-refractivity contribution is 6.02. The number of aromatic nitrogens is 1. The molecule has 0 unspecified atom stereocenters. The van der Waals surface area contributed by atoms with E-state index >= 15 is 0 Å². The van der Waals surface area contributed by atoms with Crippen LogP contribution < -0.4 is 5.32 Å². The lowest BCUT2D eigenvalue weighted by atomic mass is 10.1. The highest BCUT2D eigenvalue weighted by Gasteiger charge is 2.15. The first-order valence-electron chi connectivity index (χ1n) is 9.06. The zero-order chi connectivity index (χ0) is 19.2. The number of hydrogen-bond acceptors (Lipinski definition) is 3. The van der Waals surface area contributed by atoms with Crippen LogP contribution >= 0.6 is 0 Å². The number of hydrogen-bond donors (Lipinski definition) is 2. The number of carbonyl (C=O) groups is 2. The molecule has 0 bridgehead atoms. The van der Waals surface area contributed by atoms with Gasteiger partial charge in [-0.3, -0.25) is 0 Å². The van der Waals surface area contributed by atoms with Gasteiger partial charge >= 0.3 is 12.1 Å². The quantitative estimate of drug-likeness (QED) is 0.683. The van der Waals surface area contributed by atoms with Crippen molar-refractivity contribution in [3.05, 3.63) is 36.0 Å². The number of nitrogens with zero attached hydrogens (tertiary/aromatic N) is 1. The zero-order valence-corrected chi connectivity index (χ0v) is 15.7. The number of carbonyl (C=O) groups excluding carboxylic acids is 1. The van der Waals surface area contributed by atoms with Crippen LogP contribution in [-0.4, -0.2) is 33.9 Å². The smallest absolute Gasteiger partial charge is 0.407 e. The van der Waals surface area contributed by atoms with Gasteiger partial charge in [0.25, 0.3) is 0 Å². The minimum absolute atomic E-state index is 0.342. The summed E-state index contributed by atoms with van der Waals surface area (Å²) in [7, 11) is 0. The van der Waals surface area contributed by atoms with Crippen molar-refractivity contribution in [2.24, 2.45) is 0 Å². The molecule has 2 N–H and O–H groups in total. The molecule has 1 aromatic heterocycles. The molecule has 0 fully saturated rings. The highest BCUT2D eigenvalue weighted by Crippen LogP contribution is 2.21. The molecule has 0 atom stereocenters. The Hall–Kier alpha value is -2.50. The van der Waals surface area contributed by atoms with Crippen molar-refractivity contribution in [1.29, 1.82) is 0 Å². The lowest BCUT2D eigenvalue weighted by Gasteiger charge is -2.19. The molecule has 0 saturated heterocycles. The second-order valence-corrected chi connectivity index (χ2v) is 7.40. The van der Waals surface area contributed by atoms with Crippen LogP contribution in [0.3, 0.4) is 0 Å². The molecule has 2 aromatic rings. The Bertz CT molecular complexity index is 759. The highest BCUT2D eigenvalue weighted by atomic mass is 16.6. The van der Waals surface area contributed by atoms with Gasteiger partial charge in [-0.25, -0.2) is 9.59 Å². The summed E-state index contributed by atoms with van der Waals surface area (Å²) < 4.78 is 7.28. The molecule has 1 aromatic carbocycles. The van der Waals surface area contributed by atoms with Crippen LogP contribution in [0.4, 0.5) is 4.79 Å². The maximum atomic E-state index is 11.5. The van der Waals surface area contributed by atoms with Gasteiger partial charge in [-0.15, -0.1) is 0 Å². The number of aryl methyl sites for hydroxylation is 1. The third kappa shape index (κ3) is 5.79. The van der Waals surface area contributed by atoms with Crippen LogP contribution in [0.5, 0.6) is 0 Å². The number of aromatic carboxylic acids is 1. The van der Waals surface area contributed by atoms with Gasteiger partial charge in [-0.1, -0.05) is 18.9 Å². The third-order valence-corrected chi connectivity index (χ3v) is 4.04. The Morgan fingerprint density at radius 3 is 2.54 bits per heavy atom. The fourth-order valence-corrected chi connectivity index (χ4v) is 2.87. The zero-order valence-electron chi connectivity index (χ0n) is 15.7. The van der Waals surface area contributed by atoms with Gasteiger partial charge in [0.1, 0.15) is 5.60 Å². The summed E-state index contributed by atoms with van der Waals surface area (Å²) in [6.45, 7) is 7.00. The van der Waals surface area contributed by atoms with E-state index in [9.17, 15) is 14.7 Å². The van der Waals surface area contributed by atoms with E-state index in [-0.39, 0.29) is 6.09 Å². The Morgan fingerprint density at radius 1 is 1.12 bits per heavy atom. The number of benzene rings is 1. The van der Waals surface area contributed by atoms with Crippen LogP contribution in [0.25, 0.3) is 10.9 Å². The molecule has 1 heterocycles. The van der Waals surface area contributed by atoms with E-state index < -0.39 is 11.6 Å². The standard InChI is InChI=1S/C20H28N2O4/c1-20(2,3)26-19(25)21-12-6-4-5-7-13-22-14-11-15-16(18(23)24)9-8-10-17(15)22/h8-11,14H,4-7,12-13H2,1-3H3,(H,21,25)(H,23,24). The predicted molar refractivity (Wildman–Crippen MR) is 102 cm³/mol. The van der Waals surface area contributed by atoms with Crippen molar-refractivity contribution in [3.63, 3.8) is 0 Å². The molecular weight excluding hydrogens is 332 g/mol. The Morgan fingerprint density at radius 2 is 1.85 bits per heavy atom. The largest absolute Gasteiger partial charge is 0.478 e. The summed E-state index contributed by atoms with van der Waals surface area (Å²) >= 11 is 0. The van der Waals surface area contributed by atoms with Crippen molar-refractivity contribution in [2.75, 3.05) is 6.54 Å². The molecule has 0 aliphatic rings. The molecular formula is C20H28N2O4. The molecule has 0 aliphatic carbocycles. The van der Waals surface area contributed by atoms with Gasteiger partial charge in [0, 0.05) is 30.2 Å². The van der Waals surface area contributed by atoms with Crippen LogP contribution in [0.15, 0.2) is 30.5 Å². The van der Waals surface area contributed by atoms with E-state index in [1.54, 1.807) is 12.1 Å². The van der Waals surface area contributed by atoms with Crippen molar-refractivity contribution >= 4 is 23.0 Å². The normalized spacial score (nSPS) is 11.5. The minimum atomic E-state index is -0.897. The molecule has 1 amide bonds. The van der Waals surface area contributed by atoms with Gasteiger partial charge in [0.2, 0.25) is 0 Å². The Kier molecular flexibility index (Phi) is 6.66. The first-order valence-corrected chi connectivity index (χ1v) is 9.06. The number of carboxylic acids is 1. The average molecular weight is 360 g/mol. The summed E-state index contributed by atoms with van der Waals surface area (Å²) in [5.74, 6) is -0.897. The van der Waals surface area contributed by atoms with Gasteiger partial charge in [0.15, 0.2) is 0 Å². The maximum absolute atomic E-state index is 11.5. The van der Waals surface area contributed by atoms with E-state index in [2.05, 4.69) is 9.88 Å². The number of ether oxygens (including phenoxy) is 1. The van der Waals surface area contributed by atoms with Crippen LogP contribution in [0.2, 0.25) is 0 Å². The van der Waals surface area contributed by atoms with Crippen LogP contribution in [0, 0.1) is 0 Å². The van der Waals surface area contributed by atoms with Crippen molar-refractivity contribution < 1.29 is 19.4 Å². The lowest BCUT2D eigenvalue weighted by molar-refractivity contribution is 0.0526. The Labute approximate surface area is 154 Å². The molecule has 142 valence electrons. The minimum Gasteiger partial charge on any atom is -0.478 e. The molecule has 26 heavy (non-hydrogen) atoms. The summed E-state index contributed by atoms with van der Waals surface area (Å²) in [6.07, 6.45) is 5.57. The van der Waals surface area contributed by atoms with E-state index in [1.165, 1.54) is 0 Å². The molecule has 0 saturated carbocycles. The van der Waals surface area contributed by atoms with Crippen molar-refractivity contribution in [1.82, 2.24) is 9.88 Å². The number of amides is 1. The number of unbranched alkanes of at least 4 members (excludes halogenated alkanes) is 3. The van der Waals surface area contributed by atoms with E-state index in [0.717, 1.165) is 43.1 Å². The monoisotopic (exact) mass is 360 g/mol. The number of fused-ring (bicyclic) bond motifs is 1. The van der Waals surface area contributed by atoms with Gasteiger partial charge < -0.3 is 19.7 Å². The number of alkyl carbamates (subject to hydrolysis) is 1. The second kappa shape index (κ2) is 8.74.